The van der Waals surface area contributed by atoms with Gasteiger partial charge < -0.3 is 24.8 Å². The Kier molecular flexibility index (Phi) is 8.00. The summed E-state index contributed by atoms with van der Waals surface area (Å²) in [5.41, 5.74) is 2.81. The summed E-state index contributed by atoms with van der Waals surface area (Å²) >= 11 is 0. The Bertz CT molecular complexity index is 393. The Morgan fingerprint density at radius 2 is 1.57 bits per heavy atom. The molecule has 0 N–H and O–H groups in total. The van der Waals surface area contributed by atoms with E-state index in [0.29, 0.717) is 0 Å². The number of rotatable bonds is 0. The molecular formula is C11H11Cl2Hf+. The van der Waals surface area contributed by atoms with Gasteiger partial charge in [-0.2, -0.15) is 5.56 Å². The van der Waals surface area contributed by atoms with Gasteiger partial charge in [-0.25, -0.2) is 0 Å². The third-order valence-corrected chi connectivity index (χ3v) is 2.33. The maximum Gasteiger partial charge on any atom is 4.00 e. The van der Waals surface area contributed by atoms with Crippen molar-refractivity contribution >= 4 is 10.8 Å². The van der Waals surface area contributed by atoms with Crippen LogP contribution in [0.4, 0.5) is 0 Å². The molecule has 0 amide bonds. The molecule has 2 aromatic carbocycles. The van der Waals surface area contributed by atoms with E-state index in [2.05, 4.69) is 44.2 Å². The molecule has 2 rings (SSSR count). The van der Waals surface area contributed by atoms with E-state index in [9.17, 15) is 0 Å². The molecule has 2 aromatic rings. The molecule has 72 valence electrons. The monoisotopic (exact) mass is 393 g/mol. The first-order valence-electron chi connectivity index (χ1n) is 3.90. The molecule has 0 aliphatic rings. The van der Waals surface area contributed by atoms with Crippen LogP contribution in [-0.2, 0) is 25.8 Å². The second kappa shape index (κ2) is 6.71. The number of hydrogen-bond donors (Lipinski definition) is 0. The van der Waals surface area contributed by atoms with Gasteiger partial charge in [-0.1, -0.05) is 19.9 Å². The largest absolute Gasteiger partial charge is 4.00 e. The van der Waals surface area contributed by atoms with Crippen molar-refractivity contribution in [2.45, 2.75) is 13.8 Å². The van der Waals surface area contributed by atoms with Gasteiger partial charge >= 0.3 is 25.8 Å². The van der Waals surface area contributed by atoms with Gasteiger partial charge in [-0.3, -0.25) is 0 Å². The van der Waals surface area contributed by atoms with Crippen molar-refractivity contribution in [2.75, 3.05) is 0 Å². The van der Waals surface area contributed by atoms with Crippen molar-refractivity contribution in [3.63, 3.8) is 0 Å². The maximum atomic E-state index is 2.24. The van der Waals surface area contributed by atoms with E-state index < -0.39 is 0 Å². The minimum absolute atomic E-state index is 0. The van der Waals surface area contributed by atoms with Gasteiger partial charge in [-0.15, -0.1) is 40.6 Å². The van der Waals surface area contributed by atoms with Gasteiger partial charge in [0.05, 0.1) is 0 Å². The maximum absolute atomic E-state index is 2.24. The molecule has 0 unspecified atom stereocenters. The van der Waals surface area contributed by atoms with Gasteiger partial charge in [0.1, 0.15) is 0 Å². The van der Waals surface area contributed by atoms with E-state index in [1.807, 2.05) is 0 Å². The first-order chi connectivity index (χ1) is 5.29. The molecule has 0 aromatic heterocycles. The van der Waals surface area contributed by atoms with E-state index in [1.165, 1.54) is 21.9 Å². The summed E-state index contributed by atoms with van der Waals surface area (Å²) in [6.07, 6.45) is 0. The van der Waals surface area contributed by atoms with Crippen molar-refractivity contribution in [3.05, 3.63) is 41.5 Å². The van der Waals surface area contributed by atoms with Crippen LogP contribution in [0.2, 0.25) is 0 Å². The van der Waals surface area contributed by atoms with Crippen molar-refractivity contribution < 1.29 is 50.7 Å². The van der Waals surface area contributed by atoms with Gasteiger partial charge in [0.2, 0.25) is 0 Å². The first kappa shape index (κ1) is 16.7. The average Bonchev–Trinajstić information content (AvgIpc) is 2.30. The second-order valence-corrected chi connectivity index (χ2v) is 3.04. The van der Waals surface area contributed by atoms with Gasteiger partial charge in [-0.05, 0) is 0 Å². The summed E-state index contributed by atoms with van der Waals surface area (Å²) in [7, 11) is 0. The molecule has 0 aliphatic heterocycles. The Morgan fingerprint density at radius 3 is 2.14 bits per heavy atom. The number of halogens is 2. The molecule has 0 fully saturated rings. The molecule has 3 heteroatoms. The van der Waals surface area contributed by atoms with Crippen LogP contribution < -0.4 is 24.8 Å². The number of aryl methyl sites for hydroxylation is 2. The van der Waals surface area contributed by atoms with Gasteiger partial charge in [0.15, 0.2) is 0 Å². The van der Waals surface area contributed by atoms with E-state index in [1.54, 1.807) is 0 Å². The molecule has 0 bridgehead atoms. The SMILES string of the molecule is Cc1[cH-]c2ccccc2c1C.[Cl-].[Cl-].[Hf+4]. The van der Waals surface area contributed by atoms with Crippen molar-refractivity contribution in [2.24, 2.45) is 0 Å². The Hall–Kier alpha value is 0.280. The summed E-state index contributed by atoms with van der Waals surface area (Å²) in [6, 6.07) is 10.8. The Balaban J connectivity index is 0. The second-order valence-electron chi connectivity index (χ2n) is 3.04. The topological polar surface area (TPSA) is 0 Å². The fourth-order valence-electron chi connectivity index (χ4n) is 1.52. The Labute approximate surface area is 116 Å². The summed E-state index contributed by atoms with van der Waals surface area (Å²) < 4.78 is 0. The van der Waals surface area contributed by atoms with Crippen molar-refractivity contribution in [1.82, 2.24) is 0 Å². The van der Waals surface area contributed by atoms with Crippen LogP contribution in [0.1, 0.15) is 11.1 Å². The molecule has 0 aliphatic carbocycles. The molecule has 0 radical (unpaired) electrons. The van der Waals surface area contributed by atoms with E-state index in [0.717, 1.165) is 0 Å². The van der Waals surface area contributed by atoms with E-state index in [4.69, 9.17) is 0 Å². The molecule has 0 spiro atoms. The van der Waals surface area contributed by atoms with Crippen LogP contribution in [0.3, 0.4) is 0 Å². The molecule has 14 heavy (non-hydrogen) atoms. The third-order valence-electron chi connectivity index (χ3n) is 2.33. The Morgan fingerprint density at radius 1 is 1.00 bits per heavy atom. The fourth-order valence-corrected chi connectivity index (χ4v) is 1.52. The zero-order chi connectivity index (χ0) is 7.84. The number of benzene rings is 1. The minimum Gasteiger partial charge on any atom is -1.00 e. The average molecular weight is 393 g/mol. The quantitative estimate of drug-likeness (QED) is 0.335. The van der Waals surface area contributed by atoms with Crippen LogP contribution in [0.15, 0.2) is 30.3 Å². The summed E-state index contributed by atoms with van der Waals surface area (Å²) in [6.45, 7) is 4.34. The minimum atomic E-state index is 0. The molecule has 0 nitrogen and oxygen atoms in total. The smallest absolute Gasteiger partial charge is 1.00 e. The molecule has 0 atom stereocenters. The predicted octanol–water partition coefficient (Wildman–Crippen LogP) is -2.82. The van der Waals surface area contributed by atoms with E-state index >= 15 is 0 Å². The normalized spacial score (nSPS) is 8.43. The summed E-state index contributed by atoms with van der Waals surface area (Å²) in [4.78, 5) is 0. The molecule has 0 saturated carbocycles. The van der Waals surface area contributed by atoms with Crippen LogP contribution >= 0.6 is 0 Å². The number of hydrogen-bond acceptors (Lipinski definition) is 0. The van der Waals surface area contributed by atoms with Crippen molar-refractivity contribution in [1.29, 1.82) is 0 Å². The number of fused-ring (bicyclic) bond motifs is 1. The third kappa shape index (κ3) is 2.88. The van der Waals surface area contributed by atoms with Gasteiger partial charge in [0, 0.05) is 0 Å². The van der Waals surface area contributed by atoms with Crippen LogP contribution in [0, 0.1) is 13.8 Å². The van der Waals surface area contributed by atoms with Crippen LogP contribution in [-0.4, -0.2) is 0 Å². The van der Waals surface area contributed by atoms with Crippen LogP contribution in [0.5, 0.6) is 0 Å². The summed E-state index contributed by atoms with van der Waals surface area (Å²) in [5, 5.41) is 2.76. The molecule has 0 heterocycles. The predicted molar refractivity (Wildman–Crippen MR) is 49.0 cm³/mol. The molecular weight excluding hydrogens is 382 g/mol. The standard InChI is InChI=1S/C11H11.2ClH.Hf/c1-8-7-10-5-3-4-6-11(10)9(8)2;;;/h3-7H,1-2H3;2*1H;/q-1;;;+4/p-2. The van der Waals surface area contributed by atoms with Crippen molar-refractivity contribution in [3.8, 4) is 0 Å². The van der Waals surface area contributed by atoms with E-state index in [-0.39, 0.29) is 50.7 Å². The first-order valence-corrected chi connectivity index (χ1v) is 3.90. The summed E-state index contributed by atoms with van der Waals surface area (Å²) in [5.74, 6) is 0. The van der Waals surface area contributed by atoms with Crippen LogP contribution in [0.25, 0.3) is 10.8 Å². The molecule has 0 saturated heterocycles. The van der Waals surface area contributed by atoms with Gasteiger partial charge in [0.25, 0.3) is 0 Å². The zero-order valence-electron chi connectivity index (χ0n) is 8.14. The zero-order valence-corrected chi connectivity index (χ0v) is 13.2. The fraction of sp³-hybridized carbons (Fsp3) is 0.182.